The molecular weight excluding hydrogens is 571 g/mol. The lowest BCUT2D eigenvalue weighted by Gasteiger charge is -2.61. The molecule has 0 spiro atoms. The molecule has 8 atom stereocenters. The molecule has 0 aromatic carbocycles. The van der Waals surface area contributed by atoms with E-state index in [2.05, 4.69) is 10.2 Å². The Morgan fingerprint density at radius 1 is 1.16 bits per heavy atom. The molecular formula is C29H39FN2O11. The summed E-state index contributed by atoms with van der Waals surface area (Å²) >= 11 is 0. The van der Waals surface area contributed by atoms with Crippen LogP contribution in [0.5, 0.6) is 0 Å². The molecule has 43 heavy (non-hydrogen) atoms. The summed E-state index contributed by atoms with van der Waals surface area (Å²) in [6.45, 7) is 1.62. The van der Waals surface area contributed by atoms with Gasteiger partial charge in [-0.2, -0.15) is 0 Å². The van der Waals surface area contributed by atoms with Crippen LogP contribution >= 0.6 is 0 Å². The lowest BCUT2D eigenvalue weighted by molar-refractivity contribution is -0.757. The van der Waals surface area contributed by atoms with Crippen molar-refractivity contribution < 1.29 is 53.5 Å². The lowest BCUT2D eigenvalue weighted by atomic mass is 9.45. The monoisotopic (exact) mass is 610 g/mol. The van der Waals surface area contributed by atoms with Crippen LogP contribution in [0.2, 0.25) is 0 Å². The molecule has 0 aromatic rings. The van der Waals surface area contributed by atoms with Crippen LogP contribution in [0, 0.1) is 32.8 Å². The van der Waals surface area contributed by atoms with Crippen molar-refractivity contribution in [2.24, 2.45) is 22.7 Å². The van der Waals surface area contributed by atoms with Crippen molar-refractivity contribution in [2.75, 3.05) is 19.8 Å². The van der Waals surface area contributed by atoms with Crippen molar-refractivity contribution >= 4 is 23.4 Å². The van der Waals surface area contributed by atoms with Crippen LogP contribution in [0.25, 0.3) is 0 Å². The molecule has 4 N–H and O–H groups in total. The fraction of sp³-hybridized carbons (Fsp3) is 0.724. The number of nitrogens with one attached hydrogen (secondary N) is 1. The van der Waals surface area contributed by atoms with E-state index in [4.69, 9.17) is 4.74 Å². The van der Waals surface area contributed by atoms with Gasteiger partial charge in [0, 0.05) is 29.6 Å². The van der Waals surface area contributed by atoms with Gasteiger partial charge in [0.1, 0.15) is 6.54 Å². The molecule has 13 nitrogen and oxygen atoms in total. The number of hydrogen-bond acceptors (Lipinski definition) is 11. The third kappa shape index (κ3) is 5.48. The van der Waals surface area contributed by atoms with E-state index in [-0.39, 0.29) is 44.5 Å². The van der Waals surface area contributed by atoms with Gasteiger partial charge in [-0.25, -0.2) is 4.39 Å². The zero-order chi connectivity index (χ0) is 31.8. The number of halogens is 1. The summed E-state index contributed by atoms with van der Waals surface area (Å²) in [7, 11) is 0. The number of carbonyl (C=O) groups excluding carboxylic acids is 4. The van der Waals surface area contributed by atoms with E-state index < -0.39 is 82.0 Å². The zero-order valence-electron chi connectivity index (χ0n) is 24.3. The van der Waals surface area contributed by atoms with E-state index in [0.29, 0.717) is 24.8 Å². The summed E-state index contributed by atoms with van der Waals surface area (Å²) < 4.78 is 22.2. The Morgan fingerprint density at radius 2 is 1.88 bits per heavy atom. The first-order valence-corrected chi connectivity index (χ1v) is 14.5. The number of fused-ring (bicyclic) bond motifs is 5. The molecule has 0 heterocycles. The first kappa shape index (κ1) is 32.7. The van der Waals surface area contributed by atoms with E-state index in [9.17, 15) is 44.6 Å². The van der Waals surface area contributed by atoms with Crippen LogP contribution in [0.3, 0.4) is 0 Å². The largest absolute Gasteiger partial charge is 0.456 e. The topological polar surface area (TPSA) is 203 Å². The zero-order valence-corrected chi connectivity index (χ0v) is 24.3. The molecule has 14 heteroatoms. The SMILES string of the molecule is C[C@]12C=CC(=O)CC1=CC[C@H]1[C@@H]3C[C@@H](O)[C@](O)(C(=O)COC(=O)CNC(=O)CCCCCO[N+](=O)[O-])[C@@]3(C)C[C@H](O)[C@@]12F. The van der Waals surface area contributed by atoms with Gasteiger partial charge >= 0.3 is 5.97 Å². The quantitative estimate of drug-likeness (QED) is 0.0809. The number of allylic oxidation sites excluding steroid dienone is 4. The average Bonchev–Trinajstić information content (AvgIpc) is 3.14. The predicted molar refractivity (Wildman–Crippen MR) is 145 cm³/mol. The number of amides is 1. The molecule has 4 rings (SSSR count). The fourth-order valence-electron chi connectivity index (χ4n) is 7.91. The standard InChI is InChI=1S/C29H39FN2O11/c1-26-10-9-18(33)12-17(26)7-8-19-20-13-21(34)29(39,27(20,2)14-22(35)28(19,26)30)23(36)16-42-25(38)15-31-24(37)6-4-3-5-11-43-32(40)41/h7,9-10,19-22,34-35,39H,3-6,8,11-16H2,1-2H3,(H,31,37)/t19-,20-,21+,22-,26-,27-,28-,29-/m0/s1. The van der Waals surface area contributed by atoms with Crippen molar-refractivity contribution in [2.45, 2.75) is 88.7 Å². The summed E-state index contributed by atoms with van der Waals surface area (Å²) in [5.74, 6) is -4.18. The Morgan fingerprint density at radius 3 is 2.58 bits per heavy atom. The molecule has 1 amide bonds. The van der Waals surface area contributed by atoms with Gasteiger partial charge in [0.25, 0.3) is 5.09 Å². The van der Waals surface area contributed by atoms with Crippen LogP contribution < -0.4 is 5.32 Å². The van der Waals surface area contributed by atoms with Gasteiger partial charge in [0.15, 0.2) is 23.7 Å². The first-order chi connectivity index (χ1) is 20.1. The van der Waals surface area contributed by atoms with Gasteiger partial charge in [0.05, 0.1) is 18.8 Å². The summed E-state index contributed by atoms with van der Waals surface area (Å²) in [5.41, 5.74) is -6.80. The van der Waals surface area contributed by atoms with Crippen molar-refractivity contribution in [3.8, 4) is 0 Å². The number of aliphatic hydroxyl groups is 3. The van der Waals surface area contributed by atoms with Crippen molar-refractivity contribution in [3.05, 3.63) is 33.9 Å². The molecule has 0 unspecified atom stereocenters. The molecule has 0 aromatic heterocycles. The molecule has 0 bridgehead atoms. The number of Topliss-reactive ketones (excluding diaryl/α,β-unsaturated/α-hetero) is 1. The van der Waals surface area contributed by atoms with E-state index in [1.54, 1.807) is 13.0 Å². The second-order valence-electron chi connectivity index (χ2n) is 12.5. The van der Waals surface area contributed by atoms with Gasteiger partial charge < -0.3 is 30.2 Å². The number of unbranched alkanes of at least 4 members (excludes halogenated alkanes) is 2. The second-order valence-corrected chi connectivity index (χ2v) is 12.5. The summed E-state index contributed by atoms with van der Waals surface area (Å²) in [6, 6.07) is 0. The minimum atomic E-state index is -2.44. The highest BCUT2D eigenvalue weighted by Crippen LogP contribution is 2.69. The Bertz CT molecular complexity index is 1240. The van der Waals surface area contributed by atoms with Gasteiger partial charge in [-0.15, -0.1) is 10.1 Å². The number of rotatable bonds is 12. The number of ether oxygens (including phenoxy) is 1. The Labute approximate surface area is 247 Å². The molecule has 0 radical (unpaired) electrons. The van der Waals surface area contributed by atoms with Crippen LogP contribution in [0.15, 0.2) is 23.8 Å². The third-order valence-corrected chi connectivity index (χ3v) is 10.3. The van der Waals surface area contributed by atoms with E-state index in [1.807, 2.05) is 0 Å². The van der Waals surface area contributed by atoms with Crippen molar-refractivity contribution in [1.82, 2.24) is 5.32 Å². The van der Waals surface area contributed by atoms with Gasteiger partial charge in [-0.3, -0.25) is 19.2 Å². The number of carbonyl (C=O) groups is 4. The summed E-state index contributed by atoms with van der Waals surface area (Å²) in [6.07, 6.45) is 2.40. The molecule has 2 saturated carbocycles. The van der Waals surface area contributed by atoms with Gasteiger partial charge in [-0.05, 0) is 51.0 Å². The van der Waals surface area contributed by atoms with Crippen LogP contribution in [-0.2, 0) is 28.8 Å². The van der Waals surface area contributed by atoms with E-state index in [1.165, 1.54) is 19.1 Å². The van der Waals surface area contributed by atoms with Crippen molar-refractivity contribution in [1.29, 1.82) is 0 Å². The number of hydrogen-bond donors (Lipinski definition) is 4. The van der Waals surface area contributed by atoms with Crippen LogP contribution in [0.4, 0.5) is 4.39 Å². The normalized spacial score (nSPS) is 37.8. The minimum Gasteiger partial charge on any atom is -0.456 e. The predicted octanol–water partition coefficient (Wildman–Crippen LogP) is 1.06. The minimum absolute atomic E-state index is 0.0400. The fourth-order valence-corrected chi connectivity index (χ4v) is 7.91. The van der Waals surface area contributed by atoms with Crippen LogP contribution in [0.1, 0.15) is 65.2 Å². The first-order valence-electron chi connectivity index (χ1n) is 14.5. The number of alkyl halides is 1. The van der Waals surface area contributed by atoms with Gasteiger partial charge in [-0.1, -0.05) is 31.1 Å². The molecule has 4 aliphatic rings. The maximum Gasteiger partial charge on any atom is 0.325 e. The third-order valence-electron chi connectivity index (χ3n) is 10.3. The molecule has 0 aliphatic heterocycles. The lowest BCUT2D eigenvalue weighted by Crippen LogP contribution is -2.69. The van der Waals surface area contributed by atoms with Crippen molar-refractivity contribution in [3.63, 3.8) is 0 Å². The Hall–Kier alpha value is -3.23. The van der Waals surface area contributed by atoms with E-state index >= 15 is 4.39 Å². The second kappa shape index (κ2) is 12.0. The molecule has 2 fully saturated rings. The number of aliphatic hydroxyl groups excluding tert-OH is 2. The maximum absolute atomic E-state index is 17.2. The molecule has 238 valence electrons. The number of esters is 1. The van der Waals surface area contributed by atoms with E-state index in [0.717, 1.165) is 0 Å². The molecule has 4 aliphatic carbocycles. The highest BCUT2D eigenvalue weighted by atomic mass is 19.1. The number of nitrogens with zero attached hydrogens (tertiary/aromatic N) is 1. The Balaban J connectivity index is 1.36. The Kier molecular flexibility index (Phi) is 9.15. The maximum atomic E-state index is 17.2. The number of ketones is 2. The highest BCUT2D eigenvalue weighted by Gasteiger charge is 2.76. The highest BCUT2D eigenvalue weighted by molar-refractivity contribution is 5.94. The smallest absolute Gasteiger partial charge is 0.325 e. The summed E-state index contributed by atoms with van der Waals surface area (Å²) in [4.78, 5) is 63.8. The average molecular weight is 611 g/mol. The van der Waals surface area contributed by atoms with Gasteiger partial charge in [0.2, 0.25) is 11.7 Å². The molecule has 0 saturated heterocycles. The summed E-state index contributed by atoms with van der Waals surface area (Å²) in [5, 5.41) is 45.6. The van der Waals surface area contributed by atoms with Crippen LogP contribution in [-0.4, -0.2) is 87.1 Å².